The molecule has 3 aromatic rings. The Morgan fingerprint density at radius 1 is 0.962 bits per heavy atom. The smallest absolute Gasteiger partial charge is 0.263 e. The van der Waals surface area contributed by atoms with E-state index in [1.54, 1.807) is 24.3 Å². The monoisotopic (exact) mass is 346 g/mol. The molecule has 0 saturated heterocycles. The van der Waals surface area contributed by atoms with Gasteiger partial charge >= 0.3 is 0 Å². The molecule has 1 heterocycles. The summed E-state index contributed by atoms with van der Waals surface area (Å²) in [5.41, 5.74) is 0.737. The molecule has 0 saturated carbocycles. The zero-order chi connectivity index (χ0) is 18.4. The lowest BCUT2D eigenvalue weighted by Gasteiger charge is -2.11. The predicted molar refractivity (Wildman–Crippen MR) is 96.4 cm³/mol. The largest absolute Gasteiger partial charge is 0.507 e. The van der Waals surface area contributed by atoms with Crippen molar-refractivity contribution < 1.29 is 19.5 Å². The van der Waals surface area contributed by atoms with E-state index in [9.17, 15) is 19.5 Å². The van der Waals surface area contributed by atoms with Gasteiger partial charge < -0.3 is 10.4 Å². The van der Waals surface area contributed by atoms with Crippen LogP contribution in [0.1, 0.15) is 31.1 Å². The second-order valence-corrected chi connectivity index (χ2v) is 6.07. The molecule has 1 aliphatic rings. The lowest BCUT2D eigenvalue weighted by atomic mass is 10.0. The molecule has 6 nitrogen and oxygen atoms in total. The molecule has 4 rings (SSSR count). The van der Waals surface area contributed by atoms with Crippen LogP contribution >= 0.6 is 0 Å². The lowest BCUT2D eigenvalue weighted by molar-refractivity contribution is 0.0693. The van der Waals surface area contributed by atoms with E-state index < -0.39 is 17.7 Å². The Morgan fingerprint density at radius 3 is 2.38 bits per heavy atom. The number of hydrogen-bond donors (Lipinski definition) is 2. The number of carbonyl (C=O) groups is 3. The summed E-state index contributed by atoms with van der Waals surface area (Å²) >= 11 is 0. The Hall–Kier alpha value is -3.67. The maximum atomic E-state index is 12.7. The average molecular weight is 346 g/mol. The number of hydrogen-bond acceptors (Lipinski definition) is 4. The first-order valence-electron chi connectivity index (χ1n) is 7.96. The molecule has 1 aliphatic heterocycles. The number of rotatable bonds is 2. The third-order valence-electron chi connectivity index (χ3n) is 4.47. The SMILES string of the molecule is CN1C(=O)c2cccc(NC(=O)c3cc4ccccc4cc3O)c2C1=O. The van der Waals surface area contributed by atoms with E-state index in [2.05, 4.69) is 5.32 Å². The molecule has 3 amide bonds. The van der Waals surface area contributed by atoms with Crippen LogP contribution in [0.4, 0.5) is 5.69 Å². The molecule has 6 heteroatoms. The van der Waals surface area contributed by atoms with Crippen LogP contribution in [0.2, 0.25) is 0 Å². The van der Waals surface area contributed by atoms with Crippen molar-refractivity contribution in [3.05, 3.63) is 71.3 Å². The summed E-state index contributed by atoms with van der Waals surface area (Å²) in [4.78, 5) is 38.0. The van der Waals surface area contributed by atoms with Crippen LogP contribution in [-0.2, 0) is 0 Å². The summed E-state index contributed by atoms with van der Waals surface area (Å²) in [5.74, 6) is -1.59. The third-order valence-corrected chi connectivity index (χ3v) is 4.47. The lowest BCUT2D eigenvalue weighted by Crippen LogP contribution is -2.24. The van der Waals surface area contributed by atoms with Gasteiger partial charge in [-0.25, -0.2) is 0 Å². The number of anilines is 1. The van der Waals surface area contributed by atoms with Crippen molar-refractivity contribution in [2.24, 2.45) is 0 Å². The van der Waals surface area contributed by atoms with Gasteiger partial charge in [-0.1, -0.05) is 30.3 Å². The number of nitrogens with zero attached hydrogens (tertiary/aromatic N) is 1. The Balaban J connectivity index is 1.74. The fourth-order valence-electron chi connectivity index (χ4n) is 3.11. The quantitative estimate of drug-likeness (QED) is 0.698. The Morgan fingerprint density at radius 2 is 1.65 bits per heavy atom. The van der Waals surface area contributed by atoms with Crippen LogP contribution in [0.3, 0.4) is 0 Å². The van der Waals surface area contributed by atoms with Gasteiger partial charge in [-0.2, -0.15) is 0 Å². The minimum absolute atomic E-state index is 0.0893. The number of phenolic OH excluding ortho intramolecular Hbond substituents is 1. The first kappa shape index (κ1) is 15.8. The van der Waals surface area contributed by atoms with Crippen molar-refractivity contribution in [1.29, 1.82) is 0 Å². The van der Waals surface area contributed by atoms with Gasteiger partial charge in [-0.3, -0.25) is 19.3 Å². The van der Waals surface area contributed by atoms with Crippen LogP contribution in [0.15, 0.2) is 54.6 Å². The molecule has 0 bridgehead atoms. The summed E-state index contributed by atoms with van der Waals surface area (Å²) in [6.07, 6.45) is 0. The maximum Gasteiger partial charge on any atom is 0.263 e. The van der Waals surface area contributed by atoms with Crippen molar-refractivity contribution >= 4 is 34.2 Å². The van der Waals surface area contributed by atoms with Crippen LogP contribution in [0.5, 0.6) is 5.75 Å². The van der Waals surface area contributed by atoms with Crippen LogP contribution < -0.4 is 5.32 Å². The zero-order valence-electron chi connectivity index (χ0n) is 13.8. The van der Waals surface area contributed by atoms with Crippen LogP contribution in [0, 0.1) is 0 Å². The minimum atomic E-state index is -0.559. The van der Waals surface area contributed by atoms with Gasteiger partial charge in [-0.05, 0) is 35.0 Å². The molecule has 0 atom stereocenters. The van der Waals surface area contributed by atoms with Gasteiger partial charge in [0.15, 0.2) is 0 Å². The summed E-state index contributed by atoms with van der Waals surface area (Å²) in [5, 5.41) is 14.4. The molecule has 0 unspecified atom stereocenters. The van der Waals surface area contributed by atoms with Gasteiger partial charge in [0, 0.05) is 7.05 Å². The van der Waals surface area contributed by atoms with Crippen molar-refractivity contribution in [2.45, 2.75) is 0 Å². The highest BCUT2D eigenvalue weighted by Gasteiger charge is 2.35. The molecule has 26 heavy (non-hydrogen) atoms. The number of nitrogens with one attached hydrogen (secondary N) is 1. The van der Waals surface area contributed by atoms with Gasteiger partial charge in [-0.15, -0.1) is 0 Å². The standard InChI is InChI=1S/C20H14N2O4/c1-22-19(25)13-7-4-8-15(17(13)20(22)26)21-18(24)14-9-11-5-2-3-6-12(11)10-16(14)23/h2-10,23H,1H3,(H,21,24). The third kappa shape index (κ3) is 2.31. The average Bonchev–Trinajstić information content (AvgIpc) is 2.86. The highest BCUT2D eigenvalue weighted by Crippen LogP contribution is 2.30. The second kappa shape index (κ2) is 5.70. The summed E-state index contributed by atoms with van der Waals surface area (Å²) < 4.78 is 0. The molecule has 0 radical (unpaired) electrons. The molecule has 128 valence electrons. The van der Waals surface area contributed by atoms with Crippen LogP contribution in [0.25, 0.3) is 10.8 Å². The summed E-state index contributed by atoms with van der Waals surface area (Å²) in [7, 11) is 1.39. The van der Waals surface area contributed by atoms with Crippen LogP contribution in [-0.4, -0.2) is 34.8 Å². The number of fused-ring (bicyclic) bond motifs is 2. The first-order chi connectivity index (χ1) is 12.5. The van der Waals surface area contributed by atoms with E-state index >= 15 is 0 Å². The number of amides is 3. The summed E-state index contributed by atoms with van der Waals surface area (Å²) in [6, 6.07) is 15.1. The van der Waals surface area contributed by atoms with E-state index in [1.807, 2.05) is 24.3 Å². The fraction of sp³-hybridized carbons (Fsp3) is 0.0500. The Kier molecular flexibility index (Phi) is 3.47. The highest BCUT2D eigenvalue weighted by atomic mass is 16.3. The van der Waals surface area contributed by atoms with Crippen molar-refractivity contribution in [1.82, 2.24) is 4.90 Å². The van der Waals surface area contributed by atoms with E-state index in [-0.39, 0.29) is 28.1 Å². The number of carbonyl (C=O) groups excluding carboxylic acids is 3. The molecule has 0 fully saturated rings. The molecular formula is C20H14N2O4. The Labute approximate surface area is 148 Å². The molecular weight excluding hydrogens is 332 g/mol. The summed E-state index contributed by atoms with van der Waals surface area (Å²) in [6.45, 7) is 0. The number of aromatic hydroxyl groups is 1. The predicted octanol–water partition coefficient (Wildman–Crippen LogP) is 3.02. The van der Waals surface area contributed by atoms with E-state index in [4.69, 9.17) is 0 Å². The van der Waals surface area contributed by atoms with Gasteiger partial charge in [0.2, 0.25) is 0 Å². The first-order valence-corrected chi connectivity index (χ1v) is 7.96. The van der Waals surface area contributed by atoms with Crippen molar-refractivity contribution in [2.75, 3.05) is 12.4 Å². The highest BCUT2D eigenvalue weighted by molar-refractivity contribution is 6.24. The van der Waals surface area contributed by atoms with Gasteiger partial charge in [0.25, 0.3) is 17.7 Å². The number of imide groups is 1. The molecule has 3 aromatic carbocycles. The minimum Gasteiger partial charge on any atom is -0.507 e. The van der Waals surface area contributed by atoms with E-state index in [0.717, 1.165) is 15.7 Å². The number of benzene rings is 3. The van der Waals surface area contributed by atoms with Crippen molar-refractivity contribution in [3.8, 4) is 5.75 Å². The Bertz CT molecular complexity index is 1100. The maximum absolute atomic E-state index is 12.7. The van der Waals surface area contributed by atoms with E-state index in [1.165, 1.54) is 13.1 Å². The molecule has 0 aromatic heterocycles. The van der Waals surface area contributed by atoms with Crippen molar-refractivity contribution in [3.63, 3.8) is 0 Å². The second-order valence-electron chi connectivity index (χ2n) is 6.07. The topological polar surface area (TPSA) is 86.7 Å². The molecule has 0 aliphatic carbocycles. The van der Waals surface area contributed by atoms with Gasteiger partial charge in [0.1, 0.15) is 5.75 Å². The zero-order valence-corrected chi connectivity index (χ0v) is 13.8. The molecule has 0 spiro atoms. The fourth-order valence-corrected chi connectivity index (χ4v) is 3.11. The normalized spacial score (nSPS) is 13.2. The van der Waals surface area contributed by atoms with Gasteiger partial charge in [0.05, 0.1) is 22.4 Å². The number of phenols is 1. The molecule has 2 N–H and O–H groups in total. The van der Waals surface area contributed by atoms with E-state index in [0.29, 0.717) is 0 Å².